The van der Waals surface area contributed by atoms with Crippen LogP contribution in [0.25, 0.3) is 0 Å². The number of hydrogen-bond donors (Lipinski definition) is 0. The Labute approximate surface area is 258 Å². The van der Waals surface area contributed by atoms with E-state index in [1.165, 1.54) is 73.4 Å². The third-order valence-corrected chi connectivity index (χ3v) is 28.6. The fraction of sp³-hybridized carbons (Fsp3) is 0.568. The molecule has 1 heterocycles. The zero-order valence-corrected chi connectivity index (χ0v) is 31.2. The Morgan fingerprint density at radius 2 is 1.34 bits per heavy atom. The third kappa shape index (κ3) is 9.42. The molecule has 1 aliphatic heterocycles. The quantitative estimate of drug-likeness (QED) is 0.164. The fourth-order valence-corrected chi connectivity index (χ4v) is 26.9. The first-order valence-corrected chi connectivity index (χ1v) is 26.1. The molecule has 0 aliphatic carbocycles. The second kappa shape index (κ2) is 16.6. The Morgan fingerprint density at radius 3 is 1.78 bits per heavy atom. The van der Waals surface area contributed by atoms with Crippen LogP contribution in [0.2, 0.25) is 18.3 Å². The Morgan fingerprint density at radius 1 is 0.854 bits per heavy atom. The molecule has 1 unspecified atom stereocenters. The van der Waals surface area contributed by atoms with Gasteiger partial charge in [0, 0.05) is 0 Å². The van der Waals surface area contributed by atoms with Crippen molar-refractivity contribution in [1.82, 2.24) is 0 Å². The van der Waals surface area contributed by atoms with Crippen molar-refractivity contribution in [1.29, 1.82) is 0 Å². The van der Waals surface area contributed by atoms with Crippen LogP contribution in [-0.2, 0) is 9.16 Å². The summed E-state index contributed by atoms with van der Waals surface area (Å²) in [7, 11) is -2.54. The van der Waals surface area contributed by atoms with Gasteiger partial charge in [0.1, 0.15) is 0 Å². The van der Waals surface area contributed by atoms with Gasteiger partial charge in [0.2, 0.25) is 0 Å². The Bertz CT molecular complexity index is 1030. The first kappa shape index (κ1) is 34.3. The standard InChI is InChI=1S/C25H31O2Si.3C4H9.Sn/c1-20(2)16-21-17-22(26-18-21)19-27-28(25(3,4)5,23-12-8-6-9-13-23)24-14-10-7-11-15-24;3*1-3-4-2;/h1,6-16,22H,17-19H2,2-5H3;3*1,3-4H2,2H3;/b20-1?,21-16-;;;;. The van der Waals surface area contributed by atoms with E-state index in [0.717, 1.165) is 13.0 Å². The Hall–Kier alpha value is -1.14. The second-order valence-corrected chi connectivity index (χ2v) is 30.7. The Balaban J connectivity index is 1.81. The number of ether oxygens (including phenoxy) is 1. The van der Waals surface area contributed by atoms with Crippen LogP contribution in [-0.4, -0.2) is 46.0 Å². The van der Waals surface area contributed by atoms with Gasteiger partial charge in [-0.1, -0.05) is 12.1 Å². The SMILES string of the molecule is CCC[CH2][Sn](/[CH]=C(C)/C=C1\COC(CO[Si](c2ccccc2)(c2ccccc2)C(C)(C)C)C1)([CH2]CCC)[CH2]CCC. The summed E-state index contributed by atoms with van der Waals surface area (Å²) in [4.78, 5) is 0. The molecule has 0 bridgehead atoms. The van der Waals surface area contributed by atoms with Crippen LogP contribution in [0.1, 0.15) is 93.4 Å². The van der Waals surface area contributed by atoms with Gasteiger partial charge < -0.3 is 0 Å². The van der Waals surface area contributed by atoms with Crippen molar-refractivity contribution in [2.45, 2.75) is 118 Å². The number of allylic oxidation sites excluding steroid dienone is 2. The van der Waals surface area contributed by atoms with Crippen LogP contribution in [0.4, 0.5) is 0 Å². The van der Waals surface area contributed by atoms with Gasteiger partial charge in [-0.15, -0.1) is 0 Å². The van der Waals surface area contributed by atoms with Crippen molar-refractivity contribution in [2.24, 2.45) is 0 Å². The van der Waals surface area contributed by atoms with E-state index in [-0.39, 0.29) is 11.1 Å². The first-order valence-electron chi connectivity index (χ1n) is 16.4. The predicted octanol–water partition coefficient (Wildman–Crippen LogP) is 9.61. The van der Waals surface area contributed by atoms with E-state index in [4.69, 9.17) is 9.16 Å². The molecule has 226 valence electrons. The molecule has 0 saturated carbocycles. The van der Waals surface area contributed by atoms with Crippen molar-refractivity contribution in [3.8, 4) is 0 Å². The van der Waals surface area contributed by atoms with Crippen LogP contribution in [0.3, 0.4) is 0 Å². The molecule has 1 aliphatic rings. The average Bonchev–Trinajstić information content (AvgIpc) is 3.41. The molecule has 2 aromatic rings. The van der Waals surface area contributed by atoms with Crippen LogP contribution >= 0.6 is 0 Å². The molecule has 0 aromatic heterocycles. The minimum absolute atomic E-state index is 0.0158. The van der Waals surface area contributed by atoms with Crippen LogP contribution in [0.15, 0.2) is 82.0 Å². The molecule has 41 heavy (non-hydrogen) atoms. The molecule has 1 fully saturated rings. The first-order chi connectivity index (χ1) is 19.7. The summed E-state index contributed by atoms with van der Waals surface area (Å²) in [6.07, 6.45) is 11.8. The van der Waals surface area contributed by atoms with Gasteiger partial charge in [-0.3, -0.25) is 0 Å². The van der Waals surface area contributed by atoms with Crippen LogP contribution < -0.4 is 10.4 Å². The minimum atomic E-state index is -2.54. The van der Waals surface area contributed by atoms with E-state index in [9.17, 15) is 0 Å². The maximum absolute atomic E-state index is 7.20. The fourth-order valence-electron chi connectivity index (χ4n) is 6.85. The zero-order valence-electron chi connectivity index (χ0n) is 27.3. The number of unbranched alkanes of at least 4 members (excludes halogenated alkanes) is 3. The molecular formula is C37H58O2SiSn. The van der Waals surface area contributed by atoms with Crippen LogP contribution in [0, 0.1) is 0 Å². The molecule has 0 radical (unpaired) electrons. The van der Waals surface area contributed by atoms with E-state index < -0.39 is 26.7 Å². The number of benzene rings is 2. The summed E-state index contributed by atoms with van der Waals surface area (Å²) >= 11 is -2.31. The van der Waals surface area contributed by atoms with E-state index in [1.54, 1.807) is 0 Å². The number of rotatable bonds is 16. The molecule has 4 heteroatoms. The topological polar surface area (TPSA) is 18.5 Å². The van der Waals surface area contributed by atoms with E-state index in [2.05, 4.69) is 119 Å². The monoisotopic (exact) mass is 682 g/mol. The molecule has 0 spiro atoms. The molecule has 3 rings (SSSR count). The second-order valence-electron chi connectivity index (χ2n) is 13.5. The molecule has 1 atom stereocenters. The summed E-state index contributed by atoms with van der Waals surface area (Å²) in [5, 5.41) is 2.65. The number of hydrogen-bond acceptors (Lipinski definition) is 2. The van der Waals surface area contributed by atoms with Gasteiger partial charge in [-0.05, 0) is 0 Å². The molecule has 2 nitrogen and oxygen atoms in total. The van der Waals surface area contributed by atoms with E-state index in [0.29, 0.717) is 6.61 Å². The van der Waals surface area contributed by atoms with Gasteiger partial charge in [0.15, 0.2) is 0 Å². The molecule has 2 aromatic carbocycles. The molecule has 0 N–H and O–H groups in total. The predicted molar refractivity (Wildman–Crippen MR) is 185 cm³/mol. The van der Waals surface area contributed by atoms with Crippen LogP contribution in [0.5, 0.6) is 0 Å². The van der Waals surface area contributed by atoms with Crippen molar-refractivity contribution < 1.29 is 9.16 Å². The normalized spacial score (nSPS) is 17.9. The summed E-state index contributed by atoms with van der Waals surface area (Å²) in [5.74, 6) is 0. The summed E-state index contributed by atoms with van der Waals surface area (Å²) in [5.41, 5.74) is 2.95. The summed E-state index contributed by atoms with van der Waals surface area (Å²) in [6.45, 7) is 17.9. The zero-order chi connectivity index (χ0) is 29.8. The maximum atomic E-state index is 7.20. The molecule has 0 amide bonds. The van der Waals surface area contributed by atoms with Crippen molar-refractivity contribution in [3.05, 3.63) is 82.0 Å². The molecule has 1 saturated heterocycles. The van der Waals surface area contributed by atoms with Gasteiger partial charge in [-0.25, -0.2) is 0 Å². The van der Waals surface area contributed by atoms with Crippen molar-refractivity contribution in [2.75, 3.05) is 13.2 Å². The molecular weight excluding hydrogens is 623 g/mol. The van der Waals surface area contributed by atoms with Crippen molar-refractivity contribution >= 4 is 37.1 Å². The van der Waals surface area contributed by atoms with E-state index >= 15 is 0 Å². The summed E-state index contributed by atoms with van der Waals surface area (Å²) < 4.78 is 21.0. The van der Waals surface area contributed by atoms with Gasteiger partial charge in [0.05, 0.1) is 0 Å². The third-order valence-electron chi connectivity index (χ3n) is 8.95. The van der Waals surface area contributed by atoms with Crippen molar-refractivity contribution in [3.63, 3.8) is 0 Å². The van der Waals surface area contributed by atoms with E-state index in [1.807, 2.05) is 0 Å². The average molecular weight is 682 g/mol. The van der Waals surface area contributed by atoms with Gasteiger partial charge in [0.25, 0.3) is 0 Å². The Kier molecular flexibility index (Phi) is 13.9. The van der Waals surface area contributed by atoms with Gasteiger partial charge >= 0.3 is 247 Å². The summed E-state index contributed by atoms with van der Waals surface area (Å²) in [6, 6.07) is 21.9. The van der Waals surface area contributed by atoms with Gasteiger partial charge in [-0.2, -0.15) is 0 Å².